The normalized spacial score (nSPS) is 11.9. The molecular weight excluding hydrogens is 268 g/mol. The van der Waals surface area contributed by atoms with Gasteiger partial charge in [-0.3, -0.25) is 0 Å². The number of carbonyl (C=O) groups excluding carboxylic acids is 1. The molecule has 0 radical (unpaired) electrons. The summed E-state index contributed by atoms with van der Waals surface area (Å²) in [5.74, 6) is -0.478. The van der Waals surface area contributed by atoms with Crippen LogP contribution in [0, 0.1) is 0 Å². The number of carbonyl (C=O) groups is 1. The number of hydrogen-bond donors (Lipinski definition) is 1. The topological polar surface area (TPSA) is 74.4 Å². The average molecular weight is 286 g/mol. The molecule has 2 aromatic rings. The van der Waals surface area contributed by atoms with Crippen LogP contribution in [0.15, 0.2) is 48.5 Å². The summed E-state index contributed by atoms with van der Waals surface area (Å²) in [4.78, 5) is 15.6. The molecule has 110 valence electrons. The predicted molar refractivity (Wildman–Crippen MR) is 78.6 cm³/mol. The van der Waals surface area contributed by atoms with Crippen LogP contribution >= 0.6 is 0 Å². The molecule has 0 fully saturated rings. The highest BCUT2D eigenvalue weighted by atomic mass is 16.5. The van der Waals surface area contributed by atoms with Crippen molar-refractivity contribution in [2.75, 3.05) is 13.7 Å². The third kappa shape index (κ3) is 4.37. The molecule has 0 saturated heterocycles. The number of esters is 1. The van der Waals surface area contributed by atoms with Crippen LogP contribution in [0.2, 0.25) is 0 Å². The summed E-state index contributed by atoms with van der Waals surface area (Å²) in [5.41, 5.74) is 7.96. The maximum Gasteiger partial charge on any atom is 0.356 e. The molecule has 0 saturated carbocycles. The summed E-state index contributed by atoms with van der Waals surface area (Å²) in [6.45, 7) is 0.817. The molecule has 0 bridgehead atoms. The van der Waals surface area contributed by atoms with E-state index < -0.39 is 12.0 Å². The number of methoxy groups -OCH3 is 1. The SMILES string of the molecule is COC(=O)c1cccc(C(N)COCc2ccccc2)n1. The highest BCUT2D eigenvalue weighted by Gasteiger charge is 2.12. The molecule has 0 aliphatic heterocycles. The molecule has 2 N–H and O–H groups in total. The maximum absolute atomic E-state index is 11.4. The first-order valence-electron chi connectivity index (χ1n) is 6.63. The van der Waals surface area contributed by atoms with Crippen molar-refractivity contribution >= 4 is 5.97 Å². The lowest BCUT2D eigenvalue weighted by Gasteiger charge is -2.12. The van der Waals surface area contributed by atoms with E-state index >= 15 is 0 Å². The van der Waals surface area contributed by atoms with Gasteiger partial charge in [0.25, 0.3) is 0 Å². The second-order valence-corrected chi connectivity index (χ2v) is 4.55. The number of ether oxygens (including phenoxy) is 2. The Hall–Kier alpha value is -2.24. The molecule has 5 heteroatoms. The van der Waals surface area contributed by atoms with Crippen molar-refractivity contribution in [1.82, 2.24) is 4.98 Å². The van der Waals surface area contributed by atoms with Gasteiger partial charge in [0.15, 0.2) is 0 Å². The average Bonchev–Trinajstić information content (AvgIpc) is 2.55. The zero-order valence-electron chi connectivity index (χ0n) is 11.9. The van der Waals surface area contributed by atoms with Gasteiger partial charge in [0.2, 0.25) is 0 Å². The van der Waals surface area contributed by atoms with Gasteiger partial charge in [-0.2, -0.15) is 0 Å². The maximum atomic E-state index is 11.4. The van der Waals surface area contributed by atoms with Gasteiger partial charge < -0.3 is 15.2 Å². The van der Waals surface area contributed by atoms with Crippen molar-refractivity contribution in [3.8, 4) is 0 Å². The number of rotatable bonds is 6. The minimum atomic E-state index is -0.478. The second kappa shape index (κ2) is 7.52. The van der Waals surface area contributed by atoms with Crippen LogP contribution in [0.4, 0.5) is 0 Å². The lowest BCUT2D eigenvalue weighted by atomic mass is 10.2. The second-order valence-electron chi connectivity index (χ2n) is 4.55. The fourth-order valence-corrected chi connectivity index (χ4v) is 1.84. The quantitative estimate of drug-likeness (QED) is 0.823. The first-order valence-corrected chi connectivity index (χ1v) is 6.63. The molecule has 1 aromatic carbocycles. The summed E-state index contributed by atoms with van der Waals surface area (Å²) in [5, 5.41) is 0. The number of hydrogen-bond acceptors (Lipinski definition) is 5. The van der Waals surface area contributed by atoms with Crippen LogP contribution in [-0.4, -0.2) is 24.7 Å². The molecule has 0 spiro atoms. The molecular formula is C16H18N2O3. The Morgan fingerprint density at radius 2 is 1.95 bits per heavy atom. The van der Waals surface area contributed by atoms with Crippen LogP contribution in [-0.2, 0) is 16.1 Å². The van der Waals surface area contributed by atoms with Crippen LogP contribution in [0.3, 0.4) is 0 Å². The minimum absolute atomic E-state index is 0.244. The summed E-state index contributed by atoms with van der Waals surface area (Å²) >= 11 is 0. The van der Waals surface area contributed by atoms with E-state index in [1.54, 1.807) is 18.2 Å². The molecule has 0 aliphatic carbocycles. The zero-order chi connectivity index (χ0) is 15.1. The van der Waals surface area contributed by atoms with Crippen molar-refractivity contribution in [3.63, 3.8) is 0 Å². The van der Waals surface area contributed by atoms with E-state index in [1.165, 1.54) is 7.11 Å². The minimum Gasteiger partial charge on any atom is -0.464 e. The molecule has 1 unspecified atom stereocenters. The fraction of sp³-hybridized carbons (Fsp3) is 0.250. The standard InChI is InChI=1S/C16H18N2O3/c1-20-16(19)15-9-5-8-14(18-15)13(17)11-21-10-12-6-3-2-4-7-12/h2-9,13H,10-11,17H2,1H3. The molecule has 1 heterocycles. The number of benzene rings is 1. The van der Waals surface area contributed by atoms with Crippen molar-refractivity contribution in [2.45, 2.75) is 12.6 Å². The van der Waals surface area contributed by atoms with Gasteiger partial charge in [-0.25, -0.2) is 9.78 Å². The Kier molecular flexibility index (Phi) is 5.43. The van der Waals surface area contributed by atoms with E-state index in [9.17, 15) is 4.79 Å². The van der Waals surface area contributed by atoms with Gasteiger partial charge in [0.05, 0.1) is 32.1 Å². The van der Waals surface area contributed by atoms with Crippen molar-refractivity contribution in [3.05, 3.63) is 65.5 Å². The lowest BCUT2D eigenvalue weighted by Crippen LogP contribution is -2.19. The van der Waals surface area contributed by atoms with Crippen LogP contribution in [0.5, 0.6) is 0 Å². The van der Waals surface area contributed by atoms with E-state index in [0.29, 0.717) is 18.9 Å². The molecule has 1 atom stereocenters. The molecule has 5 nitrogen and oxygen atoms in total. The van der Waals surface area contributed by atoms with Gasteiger partial charge in [0.1, 0.15) is 5.69 Å². The van der Waals surface area contributed by atoms with Gasteiger partial charge in [0, 0.05) is 0 Å². The van der Waals surface area contributed by atoms with Gasteiger partial charge in [-0.05, 0) is 17.7 Å². The predicted octanol–water partition coefficient (Wildman–Crippen LogP) is 2.08. The molecule has 21 heavy (non-hydrogen) atoms. The van der Waals surface area contributed by atoms with Gasteiger partial charge >= 0.3 is 5.97 Å². The Morgan fingerprint density at radius 3 is 2.67 bits per heavy atom. The summed E-state index contributed by atoms with van der Waals surface area (Å²) in [7, 11) is 1.32. The number of nitrogens with two attached hydrogens (primary N) is 1. The first-order chi connectivity index (χ1) is 10.2. The van der Waals surface area contributed by atoms with Gasteiger partial charge in [-0.1, -0.05) is 36.4 Å². The Bertz CT molecular complexity index is 587. The van der Waals surface area contributed by atoms with E-state index in [2.05, 4.69) is 9.72 Å². The third-order valence-corrected chi connectivity index (χ3v) is 2.95. The third-order valence-electron chi connectivity index (χ3n) is 2.95. The van der Waals surface area contributed by atoms with E-state index in [0.717, 1.165) is 5.56 Å². The highest BCUT2D eigenvalue weighted by Crippen LogP contribution is 2.10. The number of pyridine rings is 1. The zero-order valence-corrected chi connectivity index (χ0v) is 11.9. The van der Waals surface area contributed by atoms with Gasteiger partial charge in [-0.15, -0.1) is 0 Å². The Morgan fingerprint density at radius 1 is 1.19 bits per heavy atom. The molecule has 0 amide bonds. The Labute approximate surface area is 123 Å². The largest absolute Gasteiger partial charge is 0.464 e. The summed E-state index contributed by atoms with van der Waals surface area (Å²) in [6.07, 6.45) is 0. The van der Waals surface area contributed by atoms with Crippen molar-refractivity contribution in [2.24, 2.45) is 5.73 Å². The van der Waals surface area contributed by atoms with E-state index in [-0.39, 0.29) is 5.69 Å². The summed E-state index contributed by atoms with van der Waals surface area (Å²) in [6, 6.07) is 14.5. The van der Waals surface area contributed by atoms with Crippen molar-refractivity contribution in [1.29, 1.82) is 0 Å². The molecule has 1 aromatic heterocycles. The lowest BCUT2D eigenvalue weighted by molar-refractivity contribution is 0.0593. The van der Waals surface area contributed by atoms with Crippen LogP contribution in [0.1, 0.15) is 27.8 Å². The van der Waals surface area contributed by atoms with Crippen LogP contribution in [0.25, 0.3) is 0 Å². The van der Waals surface area contributed by atoms with Crippen molar-refractivity contribution < 1.29 is 14.3 Å². The summed E-state index contributed by atoms with van der Waals surface area (Å²) < 4.78 is 10.2. The van der Waals surface area contributed by atoms with E-state index in [4.69, 9.17) is 10.5 Å². The smallest absolute Gasteiger partial charge is 0.356 e. The highest BCUT2D eigenvalue weighted by molar-refractivity contribution is 5.87. The Balaban J connectivity index is 1.91. The van der Waals surface area contributed by atoms with Crippen LogP contribution < -0.4 is 5.73 Å². The monoisotopic (exact) mass is 286 g/mol. The number of aromatic nitrogens is 1. The molecule has 0 aliphatic rings. The van der Waals surface area contributed by atoms with E-state index in [1.807, 2.05) is 30.3 Å². The number of nitrogens with zero attached hydrogens (tertiary/aromatic N) is 1. The fourth-order valence-electron chi connectivity index (χ4n) is 1.84. The first kappa shape index (κ1) is 15.2. The molecule has 2 rings (SSSR count).